The average Bonchev–Trinajstić information content (AvgIpc) is 3.23. The number of hydrogen-bond acceptors (Lipinski definition) is 5. The molecule has 2 aliphatic heterocycles. The van der Waals surface area contributed by atoms with E-state index in [0.717, 1.165) is 17.1 Å². The molecule has 0 fully saturated rings. The third kappa shape index (κ3) is 2.37. The summed E-state index contributed by atoms with van der Waals surface area (Å²) in [6.45, 7) is 1.98. The van der Waals surface area contributed by atoms with Gasteiger partial charge in [0.15, 0.2) is 4.80 Å². The number of benzene rings is 1. The fourth-order valence-electron chi connectivity index (χ4n) is 3.57. The van der Waals surface area contributed by atoms with Crippen LogP contribution in [0.1, 0.15) is 30.7 Å². The van der Waals surface area contributed by atoms with Crippen molar-refractivity contribution in [2.24, 2.45) is 4.99 Å². The number of ether oxygens (including phenoxy) is 1. The number of fused-ring (bicyclic) bond motifs is 6. The van der Waals surface area contributed by atoms with Crippen LogP contribution in [0.15, 0.2) is 62.9 Å². The second-order valence-electron chi connectivity index (χ2n) is 6.61. The first kappa shape index (κ1) is 15.4. The Bertz CT molecular complexity index is 1190. The maximum atomic E-state index is 13.0. The van der Waals surface area contributed by atoms with Gasteiger partial charge in [0.05, 0.1) is 16.8 Å². The summed E-state index contributed by atoms with van der Waals surface area (Å²) in [4.78, 5) is 18.4. The van der Waals surface area contributed by atoms with Gasteiger partial charge in [-0.2, -0.15) is 0 Å². The van der Waals surface area contributed by atoms with E-state index >= 15 is 0 Å². The molecule has 5 nitrogen and oxygen atoms in total. The van der Waals surface area contributed by atoms with Gasteiger partial charge < -0.3 is 9.15 Å². The minimum Gasteiger partial charge on any atom is -0.466 e. The molecule has 0 aliphatic carbocycles. The van der Waals surface area contributed by atoms with Crippen molar-refractivity contribution in [3.63, 3.8) is 0 Å². The topological polar surface area (TPSA) is 56.7 Å². The molecule has 0 radical (unpaired) electrons. The molecule has 130 valence electrons. The molecule has 2 atom stereocenters. The van der Waals surface area contributed by atoms with Crippen molar-refractivity contribution in [3.05, 3.63) is 79.7 Å². The molecule has 3 aromatic rings. The van der Waals surface area contributed by atoms with E-state index in [9.17, 15) is 4.79 Å². The molecule has 2 aliphatic rings. The van der Waals surface area contributed by atoms with Crippen LogP contribution < -0.4 is 19.6 Å². The molecular weight excluding hydrogens is 348 g/mol. The minimum absolute atomic E-state index is 0.0124. The number of hydrogen-bond donors (Lipinski definition) is 0. The zero-order valence-electron chi connectivity index (χ0n) is 14.1. The first-order valence-corrected chi connectivity index (χ1v) is 9.26. The van der Waals surface area contributed by atoms with Gasteiger partial charge in [-0.1, -0.05) is 35.6 Å². The molecule has 2 aromatic heterocycles. The van der Waals surface area contributed by atoms with E-state index in [2.05, 4.69) is 0 Å². The molecule has 0 spiro atoms. The Morgan fingerprint density at radius 2 is 2.19 bits per heavy atom. The molecular formula is C20H16N2O3S. The Morgan fingerprint density at radius 1 is 1.31 bits per heavy atom. The highest BCUT2D eigenvalue weighted by Gasteiger charge is 2.42. The van der Waals surface area contributed by atoms with E-state index in [-0.39, 0.29) is 11.6 Å². The maximum absolute atomic E-state index is 13.0. The molecule has 0 saturated carbocycles. The van der Waals surface area contributed by atoms with Crippen LogP contribution in [-0.4, -0.2) is 10.3 Å². The Balaban J connectivity index is 1.66. The van der Waals surface area contributed by atoms with Crippen molar-refractivity contribution >= 4 is 23.5 Å². The van der Waals surface area contributed by atoms with Crippen molar-refractivity contribution in [3.8, 4) is 5.75 Å². The molecule has 2 bridgehead atoms. The van der Waals surface area contributed by atoms with Crippen molar-refractivity contribution < 1.29 is 9.15 Å². The highest BCUT2D eigenvalue weighted by atomic mass is 32.1. The van der Waals surface area contributed by atoms with Gasteiger partial charge in [-0.25, -0.2) is 4.99 Å². The van der Waals surface area contributed by atoms with E-state index < -0.39 is 5.72 Å². The molecule has 2 unspecified atom stereocenters. The van der Waals surface area contributed by atoms with Crippen LogP contribution >= 0.6 is 11.3 Å². The van der Waals surface area contributed by atoms with Gasteiger partial charge in [0.25, 0.3) is 5.56 Å². The highest BCUT2D eigenvalue weighted by Crippen LogP contribution is 2.42. The fourth-order valence-corrected chi connectivity index (χ4v) is 4.64. The van der Waals surface area contributed by atoms with E-state index in [1.54, 1.807) is 10.8 Å². The zero-order valence-corrected chi connectivity index (χ0v) is 14.9. The van der Waals surface area contributed by atoms with E-state index in [1.807, 2.05) is 61.5 Å². The molecule has 26 heavy (non-hydrogen) atoms. The molecule has 0 saturated heterocycles. The van der Waals surface area contributed by atoms with Crippen LogP contribution in [0.2, 0.25) is 0 Å². The third-order valence-corrected chi connectivity index (χ3v) is 5.71. The van der Waals surface area contributed by atoms with Crippen molar-refractivity contribution in [1.29, 1.82) is 0 Å². The lowest BCUT2D eigenvalue weighted by atomic mass is 9.93. The Labute approximate surface area is 153 Å². The molecule has 0 N–H and O–H groups in total. The van der Waals surface area contributed by atoms with Crippen LogP contribution in [-0.2, 0) is 0 Å². The van der Waals surface area contributed by atoms with Crippen LogP contribution in [0, 0.1) is 0 Å². The second-order valence-corrected chi connectivity index (χ2v) is 7.62. The van der Waals surface area contributed by atoms with Crippen LogP contribution in [0.4, 0.5) is 0 Å². The minimum atomic E-state index is -0.627. The maximum Gasteiger partial charge on any atom is 0.270 e. The normalized spacial score (nSPS) is 24.0. The first-order valence-electron chi connectivity index (χ1n) is 8.44. The Kier molecular flexibility index (Phi) is 3.30. The summed E-state index contributed by atoms with van der Waals surface area (Å²) >= 11 is 1.40. The number of aromatic nitrogens is 1. The molecule has 6 heteroatoms. The lowest BCUT2D eigenvalue weighted by Gasteiger charge is -2.39. The van der Waals surface area contributed by atoms with E-state index in [1.165, 1.54) is 11.3 Å². The molecule has 1 aromatic carbocycles. The molecule has 5 rings (SSSR count). The lowest BCUT2D eigenvalue weighted by Crippen LogP contribution is -2.49. The Morgan fingerprint density at radius 3 is 3.04 bits per heavy atom. The summed E-state index contributed by atoms with van der Waals surface area (Å²) in [5.74, 6) is 1.56. The molecule has 4 heterocycles. The van der Waals surface area contributed by atoms with Gasteiger partial charge in [-0.3, -0.25) is 9.36 Å². The SMILES string of the molecule is CC12CC(c3ccccc3O1)n1c(sc(=CC=Cc3ccco3)c1=O)=N2. The second kappa shape index (κ2) is 5.57. The number of thiazole rings is 1. The number of allylic oxidation sites excluding steroid dienone is 1. The standard InChI is InChI=1S/C20H16N2O3S/c1-20-12-15(14-8-2-3-9-16(14)25-20)22-18(23)17(26-19(22)21-20)10-4-6-13-7-5-11-24-13/h2-11,15H,12H2,1H3. The number of rotatable bonds is 2. The zero-order chi connectivity index (χ0) is 17.7. The number of para-hydroxylation sites is 1. The predicted octanol–water partition coefficient (Wildman–Crippen LogP) is 2.72. The third-order valence-electron chi connectivity index (χ3n) is 4.71. The van der Waals surface area contributed by atoms with Crippen LogP contribution in [0.25, 0.3) is 12.2 Å². The first-order chi connectivity index (χ1) is 12.6. The van der Waals surface area contributed by atoms with Crippen molar-refractivity contribution in [1.82, 2.24) is 4.57 Å². The van der Waals surface area contributed by atoms with E-state index in [4.69, 9.17) is 14.1 Å². The van der Waals surface area contributed by atoms with Crippen molar-refractivity contribution in [2.75, 3.05) is 0 Å². The summed E-state index contributed by atoms with van der Waals surface area (Å²) in [6, 6.07) is 11.5. The van der Waals surface area contributed by atoms with Gasteiger partial charge in [-0.15, -0.1) is 0 Å². The largest absolute Gasteiger partial charge is 0.466 e. The summed E-state index contributed by atoms with van der Waals surface area (Å²) in [5.41, 5.74) is 0.401. The lowest BCUT2D eigenvalue weighted by molar-refractivity contribution is 0.0410. The smallest absolute Gasteiger partial charge is 0.270 e. The van der Waals surface area contributed by atoms with Gasteiger partial charge >= 0.3 is 0 Å². The van der Waals surface area contributed by atoms with Gasteiger partial charge in [-0.05, 0) is 37.3 Å². The van der Waals surface area contributed by atoms with Gasteiger partial charge in [0, 0.05) is 12.0 Å². The van der Waals surface area contributed by atoms with Crippen LogP contribution in [0.5, 0.6) is 5.75 Å². The summed E-state index contributed by atoms with van der Waals surface area (Å²) in [5, 5.41) is 0. The molecule has 0 amide bonds. The van der Waals surface area contributed by atoms with Gasteiger partial charge in [0.1, 0.15) is 11.5 Å². The summed E-state index contributed by atoms with van der Waals surface area (Å²) in [7, 11) is 0. The number of nitrogens with zero attached hydrogens (tertiary/aromatic N) is 2. The quantitative estimate of drug-likeness (QED) is 0.703. The predicted molar refractivity (Wildman–Crippen MR) is 99.8 cm³/mol. The highest BCUT2D eigenvalue weighted by molar-refractivity contribution is 7.07. The fraction of sp³-hybridized carbons (Fsp3) is 0.200. The number of furan rings is 1. The summed E-state index contributed by atoms with van der Waals surface area (Å²) < 4.78 is 13.8. The van der Waals surface area contributed by atoms with E-state index in [0.29, 0.717) is 15.8 Å². The monoisotopic (exact) mass is 364 g/mol. The van der Waals surface area contributed by atoms with Gasteiger partial charge in [0.2, 0.25) is 5.72 Å². The van der Waals surface area contributed by atoms with Crippen molar-refractivity contribution in [2.45, 2.75) is 25.1 Å². The summed E-state index contributed by atoms with van der Waals surface area (Å²) in [6.07, 6.45) is 7.76. The Hall–Kier alpha value is -2.86. The average molecular weight is 364 g/mol. The van der Waals surface area contributed by atoms with Crippen LogP contribution in [0.3, 0.4) is 0 Å².